The third-order valence-corrected chi connectivity index (χ3v) is 10.5. The summed E-state index contributed by atoms with van der Waals surface area (Å²) in [6.45, 7) is 0.692. The maximum atomic E-state index is 14.4. The third kappa shape index (κ3) is 11.2. The number of allylic oxidation sites excluding steroid dienone is 2. The molecule has 0 aliphatic carbocycles. The van der Waals surface area contributed by atoms with Gasteiger partial charge in [0.2, 0.25) is 0 Å². The number of ether oxygens (including phenoxy) is 4. The molecule has 8 rings (SSSR count). The molecule has 0 unspecified atom stereocenters. The molecule has 1 N–H and O–H groups in total. The van der Waals surface area contributed by atoms with Crippen molar-refractivity contribution in [2.24, 2.45) is 0 Å². The van der Waals surface area contributed by atoms with E-state index in [1.54, 1.807) is 61.0 Å². The molecule has 326 valence electrons. The summed E-state index contributed by atoms with van der Waals surface area (Å²) in [6.07, 6.45) is 6.51. The van der Waals surface area contributed by atoms with E-state index in [0.717, 1.165) is 22.3 Å². The van der Waals surface area contributed by atoms with Gasteiger partial charge in [-0.3, -0.25) is 14.5 Å². The highest BCUT2D eigenvalue weighted by Crippen LogP contribution is 2.30. The van der Waals surface area contributed by atoms with Crippen LogP contribution in [0.4, 0.5) is 0 Å². The molecule has 0 fully saturated rings. The van der Waals surface area contributed by atoms with Gasteiger partial charge in [-0.1, -0.05) is 140 Å². The van der Waals surface area contributed by atoms with Gasteiger partial charge in [0, 0.05) is 23.5 Å². The number of esters is 2. The van der Waals surface area contributed by atoms with Crippen LogP contribution in [-0.4, -0.2) is 28.5 Å². The third-order valence-electron chi connectivity index (χ3n) is 10.5. The predicted molar refractivity (Wildman–Crippen MR) is 250 cm³/mol. The Labute approximate surface area is 382 Å². The van der Waals surface area contributed by atoms with E-state index in [-0.39, 0.29) is 59.4 Å². The van der Waals surface area contributed by atoms with Gasteiger partial charge in [-0.25, -0.2) is 9.59 Å². The van der Waals surface area contributed by atoms with E-state index in [9.17, 15) is 19.2 Å². The molecule has 0 atom stereocenters. The zero-order valence-electron chi connectivity index (χ0n) is 35.7. The zero-order valence-corrected chi connectivity index (χ0v) is 35.7. The van der Waals surface area contributed by atoms with Crippen molar-refractivity contribution in [3.05, 3.63) is 274 Å². The molecule has 0 saturated carbocycles. The van der Waals surface area contributed by atoms with Crippen molar-refractivity contribution in [3.63, 3.8) is 0 Å². The molecule has 66 heavy (non-hydrogen) atoms. The molecule has 1 heterocycles. The van der Waals surface area contributed by atoms with Gasteiger partial charge < -0.3 is 24.3 Å². The monoisotopic (exact) mass is 872 g/mol. The number of hydrogen-bond acceptors (Lipinski definition) is 9. The first-order valence-electron chi connectivity index (χ1n) is 21.2. The van der Waals surface area contributed by atoms with Gasteiger partial charge in [0.05, 0.1) is 23.2 Å². The largest absolute Gasteiger partial charge is 0.489 e. The second kappa shape index (κ2) is 21.5. The van der Waals surface area contributed by atoms with Crippen LogP contribution in [0.15, 0.2) is 224 Å². The summed E-state index contributed by atoms with van der Waals surface area (Å²) in [7, 11) is 0. The van der Waals surface area contributed by atoms with Crippen LogP contribution in [-0.2, 0) is 35.8 Å². The number of amides is 1. The summed E-state index contributed by atoms with van der Waals surface area (Å²) in [4.78, 5) is 57.9. The number of carbonyl (C=O) groups excluding carboxylic acids is 4. The minimum absolute atomic E-state index is 0.00861. The topological polar surface area (TPSA) is 120 Å². The van der Waals surface area contributed by atoms with E-state index < -0.39 is 17.7 Å². The lowest BCUT2D eigenvalue weighted by Gasteiger charge is -2.27. The van der Waals surface area contributed by atoms with E-state index >= 15 is 0 Å². The SMILES string of the molecule is O=C(OC1=CC=CNC=C1N(Cc1ccccc1)C(=O)c1ccc(OCc2ccccc2)cc1)c1ccc(C(=O)c2c(OCc3ccccc3)cccc2C(=O)OCc2ccccc2)cc1. The number of nitrogens with zero attached hydrogens (tertiary/aromatic N) is 1. The number of rotatable bonds is 17. The maximum absolute atomic E-state index is 14.4. The van der Waals surface area contributed by atoms with E-state index in [1.807, 2.05) is 121 Å². The smallest absolute Gasteiger partial charge is 0.343 e. The highest BCUT2D eigenvalue weighted by molar-refractivity contribution is 6.16. The Morgan fingerprint density at radius 1 is 0.500 bits per heavy atom. The van der Waals surface area contributed by atoms with Gasteiger partial charge in [-0.05, 0) is 82.9 Å². The number of ketones is 1. The second-order valence-corrected chi connectivity index (χ2v) is 15.1. The molecule has 0 bridgehead atoms. The molecular weight excluding hydrogens is 829 g/mol. The Balaban J connectivity index is 1.02. The van der Waals surface area contributed by atoms with Crippen LogP contribution in [0.3, 0.4) is 0 Å². The fraction of sp³-hybridized carbons (Fsp3) is 0.0714. The second-order valence-electron chi connectivity index (χ2n) is 15.1. The summed E-state index contributed by atoms with van der Waals surface area (Å²) in [5, 5.41) is 3.06. The highest BCUT2D eigenvalue weighted by Gasteiger charge is 2.28. The Kier molecular flexibility index (Phi) is 14.3. The molecule has 7 aromatic carbocycles. The molecular formula is C56H44N2O8. The first-order chi connectivity index (χ1) is 32.4. The molecule has 7 aromatic rings. The lowest BCUT2D eigenvalue weighted by molar-refractivity contribution is 0.0469. The first-order valence-corrected chi connectivity index (χ1v) is 21.2. The van der Waals surface area contributed by atoms with E-state index in [0.29, 0.717) is 23.6 Å². The number of nitrogens with one attached hydrogen (secondary N) is 1. The highest BCUT2D eigenvalue weighted by atomic mass is 16.5. The van der Waals surface area contributed by atoms with Gasteiger partial charge in [0.25, 0.3) is 5.91 Å². The van der Waals surface area contributed by atoms with Crippen LogP contribution in [0.2, 0.25) is 0 Å². The Bertz CT molecular complexity index is 2880. The molecule has 1 aliphatic rings. The molecule has 1 aliphatic heterocycles. The van der Waals surface area contributed by atoms with Crippen molar-refractivity contribution in [2.75, 3.05) is 0 Å². The van der Waals surface area contributed by atoms with Crippen molar-refractivity contribution >= 4 is 23.6 Å². The first kappa shape index (κ1) is 43.9. The maximum Gasteiger partial charge on any atom is 0.343 e. The van der Waals surface area contributed by atoms with Crippen molar-refractivity contribution in [1.82, 2.24) is 10.2 Å². The van der Waals surface area contributed by atoms with Gasteiger partial charge in [0.1, 0.15) is 37.0 Å². The standard InChI is InChI=1S/C56H44N2O8/c59-53(52-48(56(62)65-39-43-21-11-4-12-22-43)23-13-24-51(52)64-38-42-19-9-3-10-20-42)44-26-28-46(29-27-44)55(61)66-50-25-14-34-57-35-49(50)58(36-40-15-5-1-6-16-40)54(60)45-30-32-47(33-31-45)63-37-41-17-7-2-8-18-41/h1-35,57H,36-39H2. The molecule has 1 amide bonds. The average Bonchev–Trinajstić information content (AvgIpc) is 3.61. The Morgan fingerprint density at radius 3 is 1.67 bits per heavy atom. The summed E-state index contributed by atoms with van der Waals surface area (Å²) >= 11 is 0. The number of hydrogen-bond donors (Lipinski definition) is 1. The quantitative estimate of drug-likeness (QED) is 0.0704. The van der Waals surface area contributed by atoms with Crippen LogP contribution in [0, 0.1) is 0 Å². The van der Waals surface area contributed by atoms with Gasteiger partial charge in [-0.2, -0.15) is 0 Å². The molecule has 10 nitrogen and oxygen atoms in total. The zero-order chi connectivity index (χ0) is 45.5. The lowest BCUT2D eigenvalue weighted by atomic mass is 9.96. The fourth-order valence-electron chi connectivity index (χ4n) is 7.05. The Hall–Kier alpha value is -8.76. The molecule has 0 radical (unpaired) electrons. The normalized spacial score (nSPS) is 11.8. The molecule has 10 heteroatoms. The van der Waals surface area contributed by atoms with Crippen molar-refractivity contribution in [3.8, 4) is 11.5 Å². The van der Waals surface area contributed by atoms with Crippen LogP contribution < -0.4 is 14.8 Å². The lowest BCUT2D eigenvalue weighted by Crippen LogP contribution is -2.32. The number of carbonyl (C=O) groups is 4. The molecule has 0 spiro atoms. The summed E-state index contributed by atoms with van der Waals surface area (Å²) < 4.78 is 23.8. The van der Waals surface area contributed by atoms with Crippen LogP contribution in [0.1, 0.15) is 69.2 Å². The minimum atomic E-state index is -0.731. The van der Waals surface area contributed by atoms with Gasteiger partial charge >= 0.3 is 11.9 Å². The van der Waals surface area contributed by atoms with Crippen molar-refractivity contribution in [2.45, 2.75) is 26.4 Å². The number of benzene rings is 7. The minimum Gasteiger partial charge on any atom is -0.489 e. The molecule has 0 saturated heterocycles. The summed E-state index contributed by atoms with van der Waals surface area (Å²) in [5.74, 6) is -1.37. The van der Waals surface area contributed by atoms with Gasteiger partial charge in [-0.15, -0.1) is 0 Å². The van der Waals surface area contributed by atoms with Gasteiger partial charge in [0.15, 0.2) is 11.5 Å². The fourth-order valence-corrected chi connectivity index (χ4v) is 7.05. The van der Waals surface area contributed by atoms with Crippen LogP contribution in [0.25, 0.3) is 0 Å². The van der Waals surface area contributed by atoms with Crippen molar-refractivity contribution < 1.29 is 38.1 Å². The summed E-state index contributed by atoms with van der Waals surface area (Å²) in [5.41, 5.74) is 4.60. The Morgan fingerprint density at radius 2 is 1.05 bits per heavy atom. The average molecular weight is 873 g/mol. The van der Waals surface area contributed by atoms with E-state index in [1.165, 1.54) is 35.2 Å². The summed E-state index contributed by atoms with van der Waals surface area (Å²) in [6, 6.07) is 55.6. The molecule has 0 aromatic heterocycles. The van der Waals surface area contributed by atoms with Crippen LogP contribution >= 0.6 is 0 Å². The predicted octanol–water partition coefficient (Wildman–Crippen LogP) is 10.8. The van der Waals surface area contributed by atoms with Crippen LogP contribution in [0.5, 0.6) is 11.5 Å². The van der Waals surface area contributed by atoms with E-state index in [2.05, 4.69) is 5.32 Å². The van der Waals surface area contributed by atoms with Crippen molar-refractivity contribution in [1.29, 1.82) is 0 Å². The van der Waals surface area contributed by atoms with E-state index in [4.69, 9.17) is 18.9 Å².